The number of nitrogens with zero attached hydrogens (tertiary/aromatic N) is 3. The standard InChI is InChI=1S/C28H30N4O4S/c1-20-29-26-17-24(10-11-27(26)37-20)35-19-22(33)18-31-12-14-32(15-13-31)28(34)30-21-6-5-9-25(16-21)36-23-7-3-2-4-8-23/h2-11,16-17,22,33H,12-15,18-19H2,1H3,(H,30,34)/t22-/m1/s1. The summed E-state index contributed by atoms with van der Waals surface area (Å²) in [5, 5.41) is 14.5. The van der Waals surface area contributed by atoms with E-state index in [1.165, 1.54) is 0 Å². The molecule has 1 aromatic heterocycles. The highest BCUT2D eigenvalue weighted by atomic mass is 32.1. The van der Waals surface area contributed by atoms with E-state index in [0.717, 1.165) is 21.0 Å². The third kappa shape index (κ3) is 6.76. The Hall–Kier alpha value is -3.66. The second-order valence-electron chi connectivity index (χ2n) is 8.99. The number of aliphatic hydroxyl groups excluding tert-OH is 1. The number of β-amino-alcohol motifs (C(OH)–C–C–N with tert-alkyl or cyclic N) is 1. The van der Waals surface area contributed by atoms with Crippen LogP contribution in [0.25, 0.3) is 10.2 Å². The van der Waals surface area contributed by atoms with Gasteiger partial charge >= 0.3 is 6.03 Å². The summed E-state index contributed by atoms with van der Waals surface area (Å²) in [7, 11) is 0. The zero-order valence-corrected chi connectivity index (χ0v) is 21.5. The Bertz CT molecular complexity index is 1340. The van der Waals surface area contributed by atoms with E-state index < -0.39 is 6.10 Å². The van der Waals surface area contributed by atoms with E-state index in [1.54, 1.807) is 16.2 Å². The number of para-hydroxylation sites is 1. The van der Waals surface area contributed by atoms with Crippen LogP contribution in [0.1, 0.15) is 5.01 Å². The number of carbonyl (C=O) groups is 1. The van der Waals surface area contributed by atoms with Crippen molar-refractivity contribution < 1.29 is 19.4 Å². The maximum absolute atomic E-state index is 12.8. The molecular formula is C28H30N4O4S. The fourth-order valence-electron chi connectivity index (χ4n) is 4.25. The number of amides is 2. The van der Waals surface area contributed by atoms with Crippen LogP contribution in [-0.4, -0.2) is 71.4 Å². The van der Waals surface area contributed by atoms with E-state index >= 15 is 0 Å². The number of hydrogen-bond donors (Lipinski definition) is 2. The molecule has 1 aliphatic rings. The largest absolute Gasteiger partial charge is 0.491 e. The highest BCUT2D eigenvalue weighted by Gasteiger charge is 2.23. The molecule has 3 aromatic carbocycles. The fraction of sp³-hybridized carbons (Fsp3) is 0.286. The summed E-state index contributed by atoms with van der Waals surface area (Å²) in [4.78, 5) is 21.2. The lowest BCUT2D eigenvalue weighted by atomic mass is 10.2. The van der Waals surface area contributed by atoms with E-state index in [0.29, 0.717) is 49.9 Å². The summed E-state index contributed by atoms with van der Waals surface area (Å²) in [5.74, 6) is 2.11. The molecule has 192 valence electrons. The zero-order valence-electron chi connectivity index (χ0n) is 20.7. The van der Waals surface area contributed by atoms with Gasteiger partial charge in [-0.05, 0) is 43.3 Å². The number of fused-ring (bicyclic) bond motifs is 1. The Morgan fingerprint density at radius 2 is 1.78 bits per heavy atom. The molecule has 2 N–H and O–H groups in total. The van der Waals surface area contributed by atoms with Gasteiger partial charge in [0.15, 0.2) is 0 Å². The number of rotatable bonds is 8. The summed E-state index contributed by atoms with van der Waals surface area (Å²) in [6.45, 7) is 5.22. The van der Waals surface area contributed by atoms with Crippen molar-refractivity contribution in [2.24, 2.45) is 0 Å². The first-order chi connectivity index (χ1) is 18.0. The Morgan fingerprint density at radius 1 is 1.00 bits per heavy atom. The van der Waals surface area contributed by atoms with Crippen molar-refractivity contribution in [3.8, 4) is 17.2 Å². The van der Waals surface area contributed by atoms with Gasteiger partial charge in [0.05, 0.1) is 15.2 Å². The maximum Gasteiger partial charge on any atom is 0.321 e. The molecular weight excluding hydrogens is 488 g/mol. The number of urea groups is 1. The minimum absolute atomic E-state index is 0.145. The number of piperazine rings is 1. The van der Waals surface area contributed by atoms with E-state index in [9.17, 15) is 9.90 Å². The van der Waals surface area contributed by atoms with Crippen LogP contribution in [0.3, 0.4) is 0 Å². The lowest BCUT2D eigenvalue weighted by Crippen LogP contribution is -2.51. The molecule has 0 unspecified atom stereocenters. The van der Waals surface area contributed by atoms with Crippen LogP contribution in [0, 0.1) is 6.92 Å². The highest BCUT2D eigenvalue weighted by Crippen LogP contribution is 2.26. The van der Waals surface area contributed by atoms with Gasteiger partial charge in [0.25, 0.3) is 0 Å². The van der Waals surface area contributed by atoms with E-state index in [-0.39, 0.29) is 12.6 Å². The van der Waals surface area contributed by atoms with Crippen LogP contribution in [0.4, 0.5) is 10.5 Å². The van der Waals surface area contributed by atoms with Gasteiger partial charge in [0, 0.05) is 50.5 Å². The number of carbonyl (C=O) groups excluding carboxylic acids is 1. The number of anilines is 1. The van der Waals surface area contributed by atoms with Crippen molar-refractivity contribution in [1.29, 1.82) is 0 Å². The molecule has 4 aromatic rings. The molecule has 37 heavy (non-hydrogen) atoms. The number of aryl methyl sites for hydroxylation is 1. The summed E-state index contributed by atoms with van der Waals surface area (Å²) in [6.07, 6.45) is -0.624. The first kappa shape index (κ1) is 25.0. The Labute approximate surface area is 220 Å². The fourth-order valence-corrected chi connectivity index (χ4v) is 5.06. The Kier molecular flexibility index (Phi) is 7.84. The molecule has 0 spiro atoms. The van der Waals surface area contributed by atoms with Gasteiger partial charge in [-0.15, -0.1) is 11.3 Å². The normalized spacial score (nSPS) is 14.9. The number of nitrogens with one attached hydrogen (secondary N) is 1. The molecule has 8 nitrogen and oxygen atoms in total. The molecule has 9 heteroatoms. The maximum atomic E-state index is 12.8. The van der Waals surface area contributed by atoms with Crippen LogP contribution >= 0.6 is 11.3 Å². The summed E-state index contributed by atoms with van der Waals surface area (Å²) in [6, 6.07) is 22.6. The molecule has 2 heterocycles. The molecule has 0 radical (unpaired) electrons. The van der Waals surface area contributed by atoms with Crippen molar-refractivity contribution in [3.05, 3.63) is 77.8 Å². The molecule has 0 saturated carbocycles. The third-order valence-electron chi connectivity index (χ3n) is 6.10. The van der Waals surface area contributed by atoms with Gasteiger partial charge in [0.2, 0.25) is 0 Å². The van der Waals surface area contributed by atoms with Crippen LogP contribution in [0.5, 0.6) is 17.2 Å². The van der Waals surface area contributed by atoms with Gasteiger partial charge in [-0.1, -0.05) is 24.3 Å². The summed E-state index contributed by atoms with van der Waals surface area (Å²) in [5.41, 5.74) is 1.60. The van der Waals surface area contributed by atoms with Gasteiger partial charge in [0.1, 0.15) is 30.0 Å². The number of aromatic nitrogens is 1. The molecule has 1 atom stereocenters. The third-order valence-corrected chi connectivity index (χ3v) is 7.05. The van der Waals surface area contributed by atoms with Gasteiger partial charge < -0.3 is 24.8 Å². The predicted molar refractivity (Wildman–Crippen MR) is 146 cm³/mol. The predicted octanol–water partition coefficient (Wildman–Crippen LogP) is 4.99. The molecule has 1 aliphatic heterocycles. The van der Waals surface area contributed by atoms with E-state index in [4.69, 9.17) is 9.47 Å². The zero-order chi connectivity index (χ0) is 25.6. The van der Waals surface area contributed by atoms with Gasteiger partial charge in [-0.25, -0.2) is 9.78 Å². The monoisotopic (exact) mass is 518 g/mol. The topological polar surface area (TPSA) is 87.2 Å². The van der Waals surface area contributed by atoms with Crippen molar-refractivity contribution in [2.45, 2.75) is 13.0 Å². The van der Waals surface area contributed by atoms with E-state index in [2.05, 4.69) is 15.2 Å². The second kappa shape index (κ2) is 11.6. The number of aliphatic hydroxyl groups is 1. The minimum atomic E-state index is -0.624. The first-order valence-corrected chi connectivity index (χ1v) is 13.1. The lowest BCUT2D eigenvalue weighted by molar-refractivity contribution is 0.0526. The van der Waals surface area contributed by atoms with E-state index in [1.807, 2.05) is 79.7 Å². The molecule has 0 aliphatic carbocycles. The minimum Gasteiger partial charge on any atom is -0.491 e. The number of benzene rings is 3. The Balaban J connectivity index is 1.05. The van der Waals surface area contributed by atoms with Gasteiger partial charge in [-0.2, -0.15) is 0 Å². The van der Waals surface area contributed by atoms with Crippen molar-refractivity contribution in [3.63, 3.8) is 0 Å². The molecule has 0 bridgehead atoms. The summed E-state index contributed by atoms with van der Waals surface area (Å²) >= 11 is 1.65. The number of hydrogen-bond acceptors (Lipinski definition) is 7. The smallest absolute Gasteiger partial charge is 0.321 e. The summed E-state index contributed by atoms with van der Waals surface area (Å²) < 4.78 is 12.8. The molecule has 2 amide bonds. The first-order valence-electron chi connectivity index (χ1n) is 12.3. The van der Waals surface area contributed by atoms with Crippen molar-refractivity contribution in [2.75, 3.05) is 44.6 Å². The van der Waals surface area contributed by atoms with Crippen molar-refractivity contribution in [1.82, 2.24) is 14.8 Å². The molecule has 1 fully saturated rings. The van der Waals surface area contributed by atoms with Crippen LogP contribution < -0.4 is 14.8 Å². The Morgan fingerprint density at radius 3 is 2.59 bits per heavy atom. The van der Waals surface area contributed by atoms with Crippen LogP contribution in [0.2, 0.25) is 0 Å². The SMILES string of the molecule is Cc1nc2cc(OC[C@H](O)CN3CCN(C(=O)Nc4cccc(Oc5ccccc5)c4)CC3)ccc2s1. The average Bonchev–Trinajstić information content (AvgIpc) is 3.28. The second-order valence-corrected chi connectivity index (χ2v) is 10.2. The van der Waals surface area contributed by atoms with Gasteiger partial charge in [-0.3, -0.25) is 4.90 Å². The van der Waals surface area contributed by atoms with Crippen LogP contribution in [-0.2, 0) is 0 Å². The number of ether oxygens (including phenoxy) is 2. The lowest BCUT2D eigenvalue weighted by Gasteiger charge is -2.35. The average molecular weight is 519 g/mol. The molecule has 1 saturated heterocycles. The molecule has 5 rings (SSSR count). The van der Waals surface area contributed by atoms with Crippen LogP contribution in [0.15, 0.2) is 72.8 Å². The number of thiazole rings is 1. The quantitative estimate of drug-likeness (QED) is 0.342. The van der Waals surface area contributed by atoms with Crippen molar-refractivity contribution >= 4 is 33.3 Å². The highest BCUT2D eigenvalue weighted by molar-refractivity contribution is 7.18.